The molecule has 1 aromatic rings. The molecule has 112 valence electrons. The van der Waals surface area contributed by atoms with Crippen molar-refractivity contribution in [2.45, 2.75) is 65.9 Å². The number of ether oxygens (including phenoxy) is 1. The summed E-state index contributed by atoms with van der Waals surface area (Å²) in [4.78, 5) is 8.38. The van der Waals surface area contributed by atoms with Gasteiger partial charge in [-0.15, -0.1) is 0 Å². The van der Waals surface area contributed by atoms with E-state index < -0.39 is 0 Å². The molecule has 0 aliphatic heterocycles. The van der Waals surface area contributed by atoms with Crippen LogP contribution in [0, 0.1) is 11.3 Å². The van der Waals surface area contributed by atoms with Crippen molar-refractivity contribution in [2.24, 2.45) is 11.3 Å². The molecule has 0 radical (unpaired) electrons. The number of nitrogens with zero attached hydrogens (tertiary/aromatic N) is 2. The summed E-state index contributed by atoms with van der Waals surface area (Å²) in [5.74, 6) is 1.37. The van der Waals surface area contributed by atoms with Gasteiger partial charge in [-0.2, -0.15) is 0 Å². The predicted octanol–water partition coefficient (Wildman–Crippen LogP) is 4.68. The second kappa shape index (κ2) is 6.30. The van der Waals surface area contributed by atoms with Gasteiger partial charge in [-0.3, -0.25) is 0 Å². The smallest absolute Gasteiger partial charge is 0.221 e. The number of hydrogen-bond donors (Lipinski definition) is 0. The molecule has 0 spiro atoms. The molecule has 1 aliphatic rings. The molecule has 4 heteroatoms. The largest absolute Gasteiger partial charge is 0.474 e. The quantitative estimate of drug-likeness (QED) is 0.757. The van der Waals surface area contributed by atoms with E-state index in [9.17, 15) is 0 Å². The highest BCUT2D eigenvalue weighted by molar-refractivity contribution is 6.30. The summed E-state index contributed by atoms with van der Waals surface area (Å²) in [6, 6.07) is 0. The normalized spacial score (nSPS) is 25.4. The van der Waals surface area contributed by atoms with Crippen molar-refractivity contribution in [2.75, 3.05) is 0 Å². The van der Waals surface area contributed by atoms with Crippen molar-refractivity contribution in [1.29, 1.82) is 0 Å². The molecule has 2 unspecified atom stereocenters. The number of halogens is 1. The van der Waals surface area contributed by atoms with Crippen LogP contribution in [0.3, 0.4) is 0 Å². The van der Waals surface area contributed by atoms with Crippen LogP contribution < -0.4 is 4.74 Å². The monoisotopic (exact) mass is 296 g/mol. The fourth-order valence-electron chi connectivity index (χ4n) is 3.44. The van der Waals surface area contributed by atoms with Gasteiger partial charge >= 0.3 is 0 Å². The number of aromatic nitrogens is 2. The molecule has 0 N–H and O–H groups in total. The first-order valence-electron chi connectivity index (χ1n) is 7.57. The van der Waals surface area contributed by atoms with Crippen molar-refractivity contribution in [3.05, 3.63) is 17.0 Å². The van der Waals surface area contributed by atoms with Crippen molar-refractivity contribution < 1.29 is 4.74 Å². The Kier molecular flexibility index (Phi) is 4.90. The van der Waals surface area contributed by atoms with E-state index in [4.69, 9.17) is 16.3 Å². The molecule has 1 aliphatic carbocycles. The summed E-state index contributed by atoms with van der Waals surface area (Å²) in [6.45, 7) is 9.06. The first-order valence-corrected chi connectivity index (χ1v) is 7.95. The van der Waals surface area contributed by atoms with Crippen LogP contribution in [0.15, 0.2) is 6.33 Å². The van der Waals surface area contributed by atoms with Gasteiger partial charge in [0.2, 0.25) is 5.88 Å². The molecule has 0 aromatic carbocycles. The first-order chi connectivity index (χ1) is 9.41. The van der Waals surface area contributed by atoms with Crippen LogP contribution in [0.4, 0.5) is 0 Å². The molecule has 2 atom stereocenters. The molecular weight excluding hydrogens is 272 g/mol. The zero-order valence-electron chi connectivity index (χ0n) is 12.9. The number of hydrogen-bond acceptors (Lipinski definition) is 3. The molecule has 1 saturated carbocycles. The average molecular weight is 297 g/mol. The zero-order valence-corrected chi connectivity index (χ0v) is 13.7. The molecule has 2 rings (SSSR count). The maximum Gasteiger partial charge on any atom is 0.221 e. The van der Waals surface area contributed by atoms with E-state index in [0.29, 0.717) is 22.4 Å². The molecule has 1 fully saturated rings. The third-order valence-electron chi connectivity index (χ3n) is 3.98. The third kappa shape index (κ3) is 3.85. The topological polar surface area (TPSA) is 35.0 Å². The highest BCUT2D eigenvalue weighted by Gasteiger charge is 2.33. The van der Waals surface area contributed by atoms with Gasteiger partial charge in [-0.05, 0) is 37.0 Å². The lowest BCUT2D eigenvalue weighted by Gasteiger charge is -2.38. The fourth-order valence-corrected chi connectivity index (χ4v) is 3.66. The Balaban J connectivity index is 2.15. The lowest BCUT2D eigenvalue weighted by Crippen LogP contribution is -2.34. The maximum atomic E-state index is 6.19. The standard InChI is InChI=1S/C16H25ClN2O/c1-5-6-13-14(17)18-10-19-15(13)20-12-7-11(2)8-16(3,4)9-12/h10-12H,5-9H2,1-4H3. The second-order valence-corrected chi connectivity index (χ2v) is 7.21. The van der Waals surface area contributed by atoms with Gasteiger partial charge in [0.05, 0.1) is 5.56 Å². The molecule has 0 bridgehead atoms. The van der Waals surface area contributed by atoms with Crippen LogP contribution in [0.2, 0.25) is 5.15 Å². The zero-order chi connectivity index (χ0) is 14.8. The molecule has 20 heavy (non-hydrogen) atoms. The van der Waals surface area contributed by atoms with Crippen molar-refractivity contribution in [1.82, 2.24) is 9.97 Å². The van der Waals surface area contributed by atoms with E-state index >= 15 is 0 Å². The van der Waals surface area contributed by atoms with E-state index in [1.807, 2.05) is 0 Å². The van der Waals surface area contributed by atoms with E-state index in [-0.39, 0.29) is 6.10 Å². The van der Waals surface area contributed by atoms with Gasteiger partial charge < -0.3 is 4.74 Å². The van der Waals surface area contributed by atoms with Crippen LogP contribution in [-0.2, 0) is 6.42 Å². The van der Waals surface area contributed by atoms with E-state index in [0.717, 1.165) is 31.2 Å². The van der Waals surface area contributed by atoms with Gasteiger partial charge in [0.1, 0.15) is 17.6 Å². The minimum absolute atomic E-state index is 0.232. The Hall–Kier alpha value is -0.830. The van der Waals surface area contributed by atoms with Gasteiger partial charge in [-0.25, -0.2) is 9.97 Å². The Morgan fingerprint density at radius 3 is 2.75 bits per heavy atom. The van der Waals surface area contributed by atoms with Gasteiger partial charge in [0.15, 0.2) is 0 Å². The van der Waals surface area contributed by atoms with Crippen molar-refractivity contribution in [3.63, 3.8) is 0 Å². The van der Waals surface area contributed by atoms with E-state index in [2.05, 4.69) is 37.7 Å². The van der Waals surface area contributed by atoms with E-state index in [1.54, 1.807) is 0 Å². The molecule has 1 aromatic heterocycles. The average Bonchev–Trinajstić information content (AvgIpc) is 2.31. The molecule has 0 amide bonds. The Morgan fingerprint density at radius 2 is 2.10 bits per heavy atom. The maximum absolute atomic E-state index is 6.19. The van der Waals surface area contributed by atoms with Crippen LogP contribution in [0.1, 0.15) is 58.9 Å². The lowest BCUT2D eigenvalue weighted by atomic mass is 9.71. The summed E-state index contributed by atoms with van der Waals surface area (Å²) in [7, 11) is 0. The highest BCUT2D eigenvalue weighted by Crippen LogP contribution is 2.40. The van der Waals surface area contributed by atoms with Crippen LogP contribution in [0.25, 0.3) is 0 Å². The van der Waals surface area contributed by atoms with E-state index in [1.165, 1.54) is 12.7 Å². The second-order valence-electron chi connectivity index (χ2n) is 6.85. The molecule has 0 saturated heterocycles. The highest BCUT2D eigenvalue weighted by atomic mass is 35.5. The summed E-state index contributed by atoms with van der Waals surface area (Å²) in [5, 5.41) is 0.528. The van der Waals surface area contributed by atoms with Crippen molar-refractivity contribution in [3.8, 4) is 5.88 Å². The van der Waals surface area contributed by atoms with Gasteiger partial charge in [0.25, 0.3) is 0 Å². The van der Waals surface area contributed by atoms with Crippen LogP contribution in [-0.4, -0.2) is 16.1 Å². The molecular formula is C16H25ClN2O. The van der Waals surface area contributed by atoms with Gasteiger partial charge in [0, 0.05) is 0 Å². The summed E-state index contributed by atoms with van der Waals surface area (Å²) < 4.78 is 6.19. The third-order valence-corrected chi connectivity index (χ3v) is 4.30. The summed E-state index contributed by atoms with van der Waals surface area (Å²) in [5.41, 5.74) is 1.29. The van der Waals surface area contributed by atoms with Crippen LogP contribution >= 0.6 is 11.6 Å². The minimum atomic E-state index is 0.232. The van der Waals surface area contributed by atoms with Gasteiger partial charge in [-0.1, -0.05) is 45.7 Å². The minimum Gasteiger partial charge on any atom is -0.474 e. The Labute approximate surface area is 127 Å². The Bertz CT molecular complexity index is 462. The summed E-state index contributed by atoms with van der Waals surface area (Å²) in [6.07, 6.45) is 7.03. The Morgan fingerprint density at radius 1 is 1.35 bits per heavy atom. The molecule has 3 nitrogen and oxygen atoms in total. The fraction of sp³-hybridized carbons (Fsp3) is 0.750. The first kappa shape index (κ1) is 15.6. The molecule has 1 heterocycles. The van der Waals surface area contributed by atoms with Crippen molar-refractivity contribution >= 4 is 11.6 Å². The van der Waals surface area contributed by atoms with Crippen LogP contribution in [0.5, 0.6) is 5.88 Å². The number of rotatable bonds is 4. The SMILES string of the molecule is CCCc1c(Cl)ncnc1OC1CC(C)CC(C)(C)C1. The predicted molar refractivity (Wildman–Crippen MR) is 82.2 cm³/mol. The lowest BCUT2D eigenvalue weighted by molar-refractivity contribution is 0.0524. The summed E-state index contributed by atoms with van der Waals surface area (Å²) >= 11 is 6.18.